The van der Waals surface area contributed by atoms with Crippen LogP contribution in [0, 0.1) is 5.92 Å². The van der Waals surface area contributed by atoms with Crippen molar-refractivity contribution in [3.63, 3.8) is 0 Å². The highest BCUT2D eigenvalue weighted by molar-refractivity contribution is 8.23. The van der Waals surface area contributed by atoms with Crippen LogP contribution in [0.5, 0.6) is 11.5 Å². The Balaban J connectivity index is 1.84. The van der Waals surface area contributed by atoms with Crippen LogP contribution in [0.3, 0.4) is 0 Å². The Hall–Kier alpha value is -1.47. The molecule has 1 heterocycles. The van der Waals surface area contributed by atoms with E-state index in [2.05, 4.69) is 17.1 Å². The van der Waals surface area contributed by atoms with E-state index in [0.29, 0.717) is 22.9 Å². The first-order valence-electron chi connectivity index (χ1n) is 7.97. The number of hydrogen-bond acceptors (Lipinski definition) is 5. The van der Waals surface area contributed by atoms with Gasteiger partial charge < -0.3 is 19.7 Å². The molecule has 0 saturated carbocycles. The number of likely N-dealkylation sites (tertiary alicyclic amines) is 1. The maximum absolute atomic E-state index is 12.2. The van der Waals surface area contributed by atoms with Gasteiger partial charge in [-0.1, -0.05) is 30.9 Å². The Morgan fingerprint density at radius 3 is 2.67 bits per heavy atom. The summed E-state index contributed by atoms with van der Waals surface area (Å²) in [6, 6.07) is 5.29. The second-order valence-electron chi connectivity index (χ2n) is 5.84. The standard InChI is InChI=1S/C17H24N2O3S2/c1-12-6-8-19(9-7-12)17(23)24-11-16(20)18-14-5-4-13(21-2)10-15(14)22-3/h4-5,10,12H,6-9,11H2,1-3H3,(H,18,20). The molecule has 1 N–H and O–H groups in total. The minimum Gasteiger partial charge on any atom is -0.497 e. The van der Waals surface area contributed by atoms with E-state index in [1.54, 1.807) is 32.4 Å². The normalized spacial score (nSPS) is 15.0. The first-order chi connectivity index (χ1) is 11.5. The number of anilines is 1. The van der Waals surface area contributed by atoms with Crippen molar-refractivity contribution >= 4 is 39.9 Å². The number of methoxy groups -OCH3 is 2. The van der Waals surface area contributed by atoms with Crippen LogP contribution in [0.15, 0.2) is 18.2 Å². The van der Waals surface area contributed by atoms with E-state index >= 15 is 0 Å². The minimum atomic E-state index is -0.101. The minimum absolute atomic E-state index is 0.101. The Morgan fingerprint density at radius 1 is 1.33 bits per heavy atom. The number of hydrogen-bond donors (Lipinski definition) is 1. The number of thioether (sulfide) groups is 1. The summed E-state index contributed by atoms with van der Waals surface area (Å²) in [7, 11) is 3.15. The van der Waals surface area contributed by atoms with Crippen LogP contribution < -0.4 is 14.8 Å². The summed E-state index contributed by atoms with van der Waals surface area (Å²) in [6.07, 6.45) is 2.33. The topological polar surface area (TPSA) is 50.8 Å². The monoisotopic (exact) mass is 368 g/mol. The van der Waals surface area contributed by atoms with Gasteiger partial charge in [-0.3, -0.25) is 4.79 Å². The molecule has 1 aromatic rings. The lowest BCUT2D eigenvalue weighted by Gasteiger charge is -2.31. The number of rotatable bonds is 5. The van der Waals surface area contributed by atoms with Crippen molar-refractivity contribution in [3.8, 4) is 11.5 Å². The fourth-order valence-corrected chi connectivity index (χ4v) is 3.55. The fourth-order valence-electron chi connectivity index (χ4n) is 2.50. The van der Waals surface area contributed by atoms with Gasteiger partial charge in [0.2, 0.25) is 5.91 Å². The van der Waals surface area contributed by atoms with Crippen molar-refractivity contribution in [2.45, 2.75) is 19.8 Å². The smallest absolute Gasteiger partial charge is 0.234 e. The van der Waals surface area contributed by atoms with Crippen LogP contribution in [0.25, 0.3) is 0 Å². The number of nitrogens with zero attached hydrogens (tertiary/aromatic N) is 1. The van der Waals surface area contributed by atoms with E-state index in [9.17, 15) is 4.79 Å². The third-order valence-electron chi connectivity index (χ3n) is 4.05. The number of benzene rings is 1. The van der Waals surface area contributed by atoms with Gasteiger partial charge in [-0.2, -0.15) is 0 Å². The molecule has 132 valence electrons. The largest absolute Gasteiger partial charge is 0.497 e. The summed E-state index contributed by atoms with van der Waals surface area (Å²) in [5, 5.41) is 2.86. The zero-order chi connectivity index (χ0) is 17.5. The summed E-state index contributed by atoms with van der Waals surface area (Å²) < 4.78 is 11.2. The lowest BCUT2D eigenvalue weighted by atomic mass is 10.00. The van der Waals surface area contributed by atoms with Crippen LogP contribution in [-0.2, 0) is 4.79 Å². The van der Waals surface area contributed by atoms with Gasteiger partial charge in [0, 0.05) is 19.2 Å². The van der Waals surface area contributed by atoms with Crippen molar-refractivity contribution in [2.24, 2.45) is 5.92 Å². The summed E-state index contributed by atoms with van der Waals surface area (Å²) in [4.78, 5) is 14.4. The molecule has 0 spiro atoms. The van der Waals surface area contributed by atoms with Gasteiger partial charge in [-0.25, -0.2) is 0 Å². The van der Waals surface area contributed by atoms with Crippen molar-refractivity contribution in [1.82, 2.24) is 4.90 Å². The molecule has 24 heavy (non-hydrogen) atoms. The SMILES string of the molecule is COc1ccc(NC(=O)CSC(=S)N2CCC(C)CC2)c(OC)c1. The van der Waals surface area contributed by atoms with E-state index in [1.807, 2.05) is 0 Å². The molecule has 0 aromatic heterocycles. The molecule has 0 bridgehead atoms. The van der Waals surface area contributed by atoms with Crippen LogP contribution in [0.1, 0.15) is 19.8 Å². The van der Waals surface area contributed by atoms with Gasteiger partial charge in [-0.05, 0) is 30.9 Å². The molecule has 5 nitrogen and oxygen atoms in total. The maximum Gasteiger partial charge on any atom is 0.234 e. The van der Waals surface area contributed by atoms with E-state index < -0.39 is 0 Å². The summed E-state index contributed by atoms with van der Waals surface area (Å²) in [6.45, 7) is 4.24. The van der Waals surface area contributed by atoms with Crippen LogP contribution >= 0.6 is 24.0 Å². The quantitative estimate of drug-likeness (QED) is 0.804. The van der Waals surface area contributed by atoms with Crippen LogP contribution in [0.2, 0.25) is 0 Å². The second-order valence-corrected chi connectivity index (χ2v) is 7.45. The lowest BCUT2D eigenvalue weighted by molar-refractivity contribution is -0.113. The predicted octanol–water partition coefficient (Wildman–Crippen LogP) is 3.39. The number of thiocarbonyl (C=S) groups is 1. The number of carbonyl (C=O) groups excluding carboxylic acids is 1. The maximum atomic E-state index is 12.2. The number of piperidine rings is 1. The van der Waals surface area contributed by atoms with Gasteiger partial charge in [0.25, 0.3) is 0 Å². The van der Waals surface area contributed by atoms with Crippen LogP contribution in [-0.4, -0.2) is 48.2 Å². The molecule has 1 aliphatic rings. The van der Waals surface area contributed by atoms with E-state index in [1.165, 1.54) is 11.8 Å². The third kappa shape index (κ3) is 5.27. The molecule has 0 radical (unpaired) electrons. The highest BCUT2D eigenvalue weighted by atomic mass is 32.2. The average Bonchev–Trinajstić information content (AvgIpc) is 2.60. The van der Waals surface area contributed by atoms with Gasteiger partial charge >= 0.3 is 0 Å². The molecular formula is C17H24N2O3S2. The summed E-state index contributed by atoms with van der Waals surface area (Å²) in [5.74, 6) is 2.20. The first-order valence-corrected chi connectivity index (χ1v) is 9.36. The number of ether oxygens (including phenoxy) is 2. The highest BCUT2D eigenvalue weighted by Gasteiger charge is 2.19. The molecule has 0 aliphatic carbocycles. The van der Waals surface area contributed by atoms with Crippen molar-refractivity contribution in [2.75, 3.05) is 38.4 Å². The van der Waals surface area contributed by atoms with Crippen molar-refractivity contribution < 1.29 is 14.3 Å². The fraction of sp³-hybridized carbons (Fsp3) is 0.529. The number of carbonyl (C=O) groups is 1. The van der Waals surface area contributed by atoms with Gasteiger partial charge in [0.1, 0.15) is 15.8 Å². The molecule has 1 fully saturated rings. The lowest BCUT2D eigenvalue weighted by Crippen LogP contribution is -2.36. The van der Waals surface area contributed by atoms with Crippen molar-refractivity contribution in [3.05, 3.63) is 18.2 Å². The zero-order valence-corrected chi connectivity index (χ0v) is 16.0. The molecule has 1 amide bonds. The summed E-state index contributed by atoms with van der Waals surface area (Å²) >= 11 is 6.86. The molecule has 7 heteroatoms. The second kappa shape index (κ2) is 9.13. The Morgan fingerprint density at radius 2 is 2.04 bits per heavy atom. The molecule has 1 saturated heterocycles. The molecule has 0 atom stereocenters. The van der Waals surface area contributed by atoms with Gasteiger partial charge in [0.15, 0.2) is 0 Å². The average molecular weight is 369 g/mol. The Kier molecular flexibility index (Phi) is 7.17. The first kappa shape index (κ1) is 18.9. The van der Waals surface area contributed by atoms with E-state index in [4.69, 9.17) is 21.7 Å². The molecule has 2 rings (SSSR count). The number of amides is 1. The van der Waals surface area contributed by atoms with Gasteiger partial charge in [0.05, 0.1) is 25.7 Å². The van der Waals surface area contributed by atoms with E-state index in [0.717, 1.165) is 36.2 Å². The summed E-state index contributed by atoms with van der Waals surface area (Å²) in [5.41, 5.74) is 0.626. The number of nitrogens with one attached hydrogen (secondary N) is 1. The van der Waals surface area contributed by atoms with Crippen LogP contribution in [0.4, 0.5) is 5.69 Å². The predicted molar refractivity (Wildman–Crippen MR) is 103 cm³/mol. The molecular weight excluding hydrogens is 344 g/mol. The van der Waals surface area contributed by atoms with E-state index in [-0.39, 0.29) is 5.91 Å². The highest BCUT2D eigenvalue weighted by Crippen LogP contribution is 2.29. The molecule has 1 aliphatic heterocycles. The van der Waals surface area contributed by atoms with Gasteiger partial charge in [-0.15, -0.1) is 0 Å². The molecule has 1 aromatic carbocycles. The van der Waals surface area contributed by atoms with Crippen molar-refractivity contribution in [1.29, 1.82) is 0 Å². The Labute approximate surface area is 153 Å². The zero-order valence-electron chi connectivity index (χ0n) is 14.3. The third-order valence-corrected chi connectivity index (χ3v) is 5.57. The molecule has 0 unspecified atom stereocenters. The Bertz CT molecular complexity index is 587.